The van der Waals surface area contributed by atoms with Gasteiger partial charge in [-0.1, -0.05) is 13.0 Å². The van der Waals surface area contributed by atoms with Crippen LogP contribution in [0.1, 0.15) is 43.1 Å². The van der Waals surface area contributed by atoms with Crippen LogP contribution in [0.3, 0.4) is 0 Å². The zero-order valence-corrected chi connectivity index (χ0v) is 12.1. The maximum atomic E-state index is 4.26. The lowest BCUT2D eigenvalue weighted by molar-refractivity contribution is 0.534. The number of rotatable bonds is 6. The third-order valence-corrected chi connectivity index (χ3v) is 3.29. The van der Waals surface area contributed by atoms with Gasteiger partial charge in [0.2, 0.25) is 0 Å². The second-order valence-corrected chi connectivity index (χ2v) is 5.11. The van der Waals surface area contributed by atoms with Crippen molar-refractivity contribution < 1.29 is 0 Å². The highest BCUT2D eigenvalue weighted by molar-refractivity contribution is 5.19. The molecule has 0 spiro atoms. The van der Waals surface area contributed by atoms with Crippen molar-refractivity contribution in [1.82, 2.24) is 14.9 Å². The van der Waals surface area contributed by atoms with Gasteiger partial charge in [-0.3, -0.25) is 4.98 Å². The van der Waals surface area contributed by atoms with Crippen LogP contribution in [0.5, 0.6) is 0 Å². The molecule has 3 heteroatoms. The van der Waals surface area contributed by atoms with E-state index in [4.69, 9.17) is 0 Å². The molecule has 2 rings (SSSR count). The first-order chi connectivity index (χ1) is 9.20. The third kappa shape index (κ3) is 3.67. The van der Waals surface area contributed by atoms with Crippen LogP contribution in [0.2, 0.25) is 0 Å². The molecule has 0 aliphatic carbocycles. The van der Waals surface area contributed by atoms with Gasteiger partial charge in [0.05, 0.1) is 0 Å². The van der Waals surface area contributed by atoms with Gasteiger partial charge in [0.15, 0.2) is 0 Å². The van der Waals surface area contributed by atoms with Gasteiger partial charge in [-0.2, -0.15) is 0 Å². The molecule has 0 aromatic carbocycles. The summed E-state index contributed by atoms with van der Waals surface area (Å²) in [5, 5.41) is 3.54. The Labute approximate surface area is 115 Å². The van der Waals surface area contributed by atoms with Gasteiger partial charge in [-0.15, -0.1) is 0 Å². The minimum absolute atomic E-state index is 0.382. The van der Waals surface area contributed by atoms with E-state index in [-0.39, 0.29) is 0 Å². The van der Waals surface area contributed by atoms with Crippen LogP contribution < -0.4 is 5.32 Å². The highest BCUT2D eigenvalue weighted by Gasteiger charge is 2.09. The molecule has 0 aliphatic rings. The summed E-state index contributed by atoms with van der Waals surface area (Å²) in [6.45, 7) is 8.43. The monoisotopic (exact) mass is 257 g/mol. The van der Waals surface area contributed by atoms with Gasteiger partial charge in [0.25, 0.3) is 0 Å². The number of aromatic nitrogens is 2. The largest absolute Gasteiger partial charge is 0.346 e. The second kappa shape index (κ2) is 6.53. The summed E-state index contributed by atoms with van der Waals surface area (Å²) in [7, 11) is 0. The maximum Gasteiger partial charge on any atom is 0.0488 e. The molecule has 0 bridgehead atoms. The van der Waals surface area contributed by atoms with E-state index in [2.05, 4.69) is 60.0 Å². The predicted octanol–water partition coefficient (Wildman–Crippen LogP) is 3.30. The summed E-state index contributed by atoms with van der Waals surface area (Å²) >= 11 is 0. The lowest BCUT2D eigenvalue weighted by Crippen LogP contribution is -2.22. The molecule has 0 radical (unpaired) electrons. The number of hydrogen-bond donors (Lipinski definition) is 1. The summed E-state index contributed by atoms with van der Waals surface area (Å²) in [5.41, 5.74) is 3.79. The van der Waals surface area contributed by atoms with Crippen molar-refractivity contribution in [3.8, 4) is 0 Å². The van der Waals surface area contributed by atoms with E-state index in [0.717, 1.165) is 19.5 Å². The van der Waals surface area contributed by atoms with Gasteiger partial charge in [0, 0.05) is 36.9 Å². The van der Waals surface area contributed by atoms with Crippen LogP contribution in [0, 0.1) is 6.92 Å². The quantitative estimate of drug-likeness (QED) is 0.860. The van der Waals surface area contributed by atoms with E-state index in [9.17, 15) is 0 Å². The average Bonchev–Trinajstić information content (AvgIpc) is 2.84. The summed E-state index contributed by atoms with van der Waals surface area (Å²) in [6, 6.07) is 6.88. The van der Waals surface area contributed by atoms with Crippen molar-refractivity contribution in [1.29, 1.82) is 0 Å². The fourth-order valence-corrected chi connectivity index (χ4v) is 2.33. The first kappa shape index (κ1) is 13.8. The summed E-state index contributed by atoms with van der Waals surface area (Å²) in [4.78, 5) is 4.26. The molecular weight excluding hydrogens is 234 g/mol. The molecule has 2 heterocycles. The van der Waals surface area contributed by atoms with E-state index in [1.54, 1.807) is 0 Å². The Bertz CT molecular complexity index is 516. The van der Waals surface area contributed by atoms with E-state index >= 15 is 0 Å². The molecule has 1 unspecified atom stereocenters. The Morgan fingerprint density at radius 2 is 2.21 bits per heavy atom. The molecule has 1 N–H and O–H groups in total. The minimum Gasteiger partial charge on any atom is -0.346 e. The van der Waals surface area contributed by atoms with Crippen molar-refractivity contribution in [2.24, 2.45) is 0 Å². The van der Waals surface area contributed by atoms with Crippen LogP contribution >= 0.6 is 0 Å². The molecule has 102 valence electrons. The number of nitrogens with zero attached hydrogens (tertiary/aromatic N) is 2. The van der Waals surface area contributed by atoms with Crippen LogP contribution in [-0.4, -0.2) is 16.1 Å². The first-order valence-corrected chi connectivity index (χ1v) is 6.99. The Morgan fingerprint density at radius 3 is 2.95 bits per heavy atom. The van der Waals surface area contributed by atoms with E-state index in [1.807, 2.05) is 12.4 Å². The second-order valence-electron chi connectivity index (χ2n) is 5.11. The number of hydrogen-bond acceptors (Lipinski definition) is 2. The Hall–Kier alpha value is -1.61. The summed E-state index contributed by atoms with van der Waals surface area (Å²) in [5.74, 6) is 0. The third-order valence-electron chi connectivity index (χ3n) is 3.29. The molecule has 0 amide bonds. The number of aryl methyl sites for hydroxylation is 1. The molecule has 2 aromatic rings. The van der Waals surface area contributed by atoms with Crippen molar-refractivity contribution in [2.45, 2.75) is 39.8 Å². The van der Waals surface area contributed by atoms with Crippen molar-refractivity contribution in [2.75, 3.05) is 6.54 Å². The first-order valence-electron chi connectivity index (χ1n) is 6.99. The van der Waals surface area contributed by atoms with Crippen molar-refractivity contribution in [3.63, 3.8) is 0 Å². The minimum atomic E-state index is 0.382. The van der Waals surface area contributed by atoms with E-state index in [0.29, 0.717) is 6.04 Å². The molecule has 3 nitrogen and oxygen atoms in total. The van der Waals surface area contributed by atoms with Gasteiger partial charge in [-0.05, 0) is 50.1 Å². The van der Waals surface area contributed by atoms with Gasteiger partial charge in [-0.25, -0.2) is 0 Å². The van der Waals surface area contributed by atoms with Crippen LogP contribution in [-0.2, 0) is 6.54 Å². The summed E-state index contributed by atoms with van der Waals surface area (Å²) in [6.07, 6.45) is 7.14. The number of pyridine rings is 1. The predicted molar refractivity (Wildman–Crippen MR) is 79.2 cm³/mol. The lowest BCUT2D eigenvalue weighted by Gasteiger charge is -2.17. The highest BCUT2D eigenvalue weighted by Crippen LogP contribution is 2.15. The smallest absolute Gasteiger partial charge is 0.0488 e. The molecular formula is C16H23N3. The fourth-order valence-electron chi connectivity index (χ4n) is 2.33. The summed E-state index contributed by atoms with van der Waals surface area (Å²) < 4.78 is 2.30. The maximum absolute atomic E-state index is 4.26. The van der Waals surface area contributed by atoms with Crippen LogP contribution in [0.4, 0.5) is 0 Å². The molecule has 19 heavy (non-hydrogen) atoms. The molecule has 1 atom stereocenters. The van der Waals surface area contributed by atoms with Crippen LogP contribution in [0.25, 0.3) is 0 Å². The molecule has 2 aromatic heterocycles. The number of nitrogens with one attached hydrogen (secondary N) is 1. The zero-order valence-electron chi connectivity index (χ0n) is 12.1. The van der Waals surface area contributed by atoms with Crippen LogP contribution in [0.15, 0.2) is 36.8 Å². The molecule has 0 saturated heterocycles. The normalized spacial score (nSPS) is 12.6. The SMILES string of the molecule is CCCNC(C)c1cccn1Cc1cncc(C)c1. The van der Waals surface area contributed by atoms with Gasteiger partial charge >= 0.3 is 0 Å². The standard InChI is InChI=1S/C16H23N3/c1-4-7-18-14(3)16-6-5-8-19(16)12-15-9-13(2)10-17-11-15/h5-6,8-11,14,18H,4,7,12H2,1-3H3. The molecule has 0 aliphatic heterocycles. The van der Waals surface area contributed by atoms with E-state index < -0.39 is 0 Å². The molecule has 0 fully saturated rings. The van der Waals surface area contributed by atoms with Crippen molar-refractivity contribution in [3.05, 3.63) is 53.6 Å². The van der Waals surface area contributed by atoms with Gasteiger partial charge in [0.1, 0.15) is 0 Å². The lowest BCUT2D eigenvalue weighted by atomic mass is 10.2. The highest BCUT2D eigenvalue weighted by atomic mass is 15.0. The Morgan fingerprint density at radius 1 is 1.37 bits per heavy atom. The Kier molecular flexibility index (Phi) is 4.74. The Balaban J connectivity index is 2.11. The average molecular weight is 257 g/mol. The van der Waals surface area contributed by atoms with Gasteiger partial charge < -0.3 is 9.88 Å². The molecule has 0 saturated carbocycles. The van der Waals surface area contributed by atoms with E-state index in [1.165, 1.54) is 16.8 Å². The van der Waals surface area contributed by atoms with Crippen molar-refractivity contribution >= 4 is 0 Å². The topological polar surface area (TPSA) is 29.9 Å². The fraction of sp³-hybridized carbons (Fsp3) is 0.438. The zero-order chi connectivity index (χ0) is 13.7.